The van der Waals surface area contributed by atoms with Crippen LogP contribution in [-0.4, -0.2) is 64.3 Å². The lowest BCUT2D eigenvalue weighted by Gasteiger charge is -2.27. The third kappa shape index (κ3) is 8.35. The molecule has 1 aromatic rings. The van der Waals surface area contributed by atoms with E-state index in [0.29, 0.717) is 0 Å². The second kappa shape index (κ2) is 12.6. The summed E-state index contributed by atoms with van der Waals surface area (Å²) in [4.78, 5) is 5.18. The van der Waals surface area contributed by atoms with Crippen molar-refractivity contribution in [3.63, 3.8) is 0 Å². The molecule has 0 saturated heterocycles. The predicted octanol–water partition coefficient (Wildman–Crippen LogP) is 0.765. The van der Waals surface area contributed by atoms with Crippen molar-refractivity contribution in [3.8, 4) is 0 Å². The Kier molecular flexibility index (Phi) is 11.2. The third-order valence-corrected chi connectivity index (χ3v) is 5.88. The van der Waals surface area contributed by atoms with Gasteiger partial charge in [0.1, 0.15) is 6.10 Å². The van der Waals surface area contributed by atoms with Crippen LogP contribution in [-0.2, 0) is 25.1 Å². The summed E-state index contributed by atoms with van der Waals surface area (Å²) in [6.45, 7) is 3.40. The number of benzene rings is 1. The molecule has 4 atom stereocenters. The summed E-state index contributed by atoms with van der Waals surface area (Å²) >= 11 is 0. The van der Waals surface area contributed by atoms with E-state index >= 15 is 0 Å². The molecule has 10 heteroatoms. The third-order valence-electron chi connectivity index (χ3n) is 3.70. The van der Waals surface area contributed by atoms with Crippen LogP contribution in [0, 0.1) is 0 Å². The fraction of sp³-hybridized carbons (Fsp3) is 0.647. The molecule has 0 fully saturated rings. The Morgan fingerprint density at radius 2 is 1.59 bits per heavy atom. The molecule has 0 aromatic heterocycles. The average molecular weight is 407 g/mol. The number of rotatable bonds is 14. The minimum Gasteiger partial charge on any atom is -0.390 e. The molecule has 1 rings (SSSR count). The lowest BCUT2D eigenvalue weighted by molar-refractivity contribution is -0.0856. The van der Waals surface area contributed by atoms with Crippen LogP contribution in [0.3, 0.4) is 0 Å². The highest BCUT2D eigenvalue weighted by Gasteiger charge is 2.38. The zero-order valence-corrected chi connectivity index (χ0v) is 16.5. The Labute approximate surface area is 159 Å². The van der Waals surface area contributed by atoms with Crippen LogP contribution >= 0.6 is 7.60 Å². The molecule has 0 spiro atoms. The molecule has 1 aromatic carbocycles. The first kappa shape index (κ1) is 24.2. The smallest absolute Gasteiger partial charge is 0.358 e. The minimum absolute atomic E-state index is 0.0539. The maximum Gasteiger partial charge on any atom is 0.358 e. The summed E-state index contributed by atoms with van der Waals surface area (Å²) in [5, 5.41) is 40.0. The van der Waals surface area contributed by atoms with E-state index < -0.39 is 38.2 Å². The van der Waals surface area contributed by atoms with E-state index in [-0.39, 0.29) is 26.4 Å². The van der Waals surface area contributed by atoms with Gasteiger partial charge in [-0.3, -0.25) is 9.40 Å². The van der Waals surface area contributed by atoms with Gasteiger partial charge >= 0.3 is 7.60 Å². The van der Waals surface area contributed by atoms with Gasteiger partial charge in [-0.1, -0.05) is 30.3 Å². The van der Waals surface area contributed by atoms with Crippen molar-refractivity contribution < 1.29 is 38.9 Å². The van der Waals surface area contributed by atoms with Gasteiger partial charge < -0.3 is 29.5 Å². The van der Waals surface area contributed by atoms with Crippen molar-refractivity contribution in [2.24, 2.45) is 0 Å². The first-order chi connectivity index (χ1) is 12.8. The van der Waals surface area contributed by atoms with Crippen LogP contribution in [0.1, 0.15) is 25.8 Å². The standard InChI is InChI=1S/C17H30NO8P/c1-3-25-27(23,26-4-2)16(21)10-14(19)17(22)15(20)11-18-24-12-13-8-6-5-7-9-13/h5-9,14-22H,3-4,10-12H2,1-2H3/t14-,15-,16?,17-/m1/s1. The van der Waals surface area contributed by atoms with Gasteiger partial charge in [0.05, 0.1) is 32.0 Å². The van der Waals surface area contributed by atoms with Gasteiger partial charge in [-0.05, 0) is 19.4 Å². The highest BCUT2D eigenvalue weighted by Crippen LogP contribution is 2.53. The molecule has 0 bridgehead atoms. The van der Waals surface area contributed by atoms with Gasteiger partial charge in [0.2, 0.25) is 0 Å². The fourth-order valence-corrected chi connectivity index (χ4v) is 3.90. The van der Waals surface area contributed by atoms with Gasteiger partial charge in [0.25, 0.3) is 0 Å². The van der Waals surface area contributed by atoms with E-state index in [2.05, 4.69) is 5.48 Å². The number of aliphatic hydroxyl groups excluding tert-OH is 4. The zero-order chi connectivity index (χ0) is 20.3. The van der Waals surface area contributed by atoms with E-state index in [0.717, 1.165) is 5.56 Å². The van der Waals surface area contributed by atoms with E-state index in [4.69, 9.17) is 13.9 Å². The Morgan fingerprint density at radius 1 is 1.00 bits per heavy atom. The lowest BCUT2D eigenvalue weighted by Crippen LogP contribution is -2.44. The van der Waals surface area contributed by atoms with Gasteiger partial charge in [-0.15, -0.1) is 0 Å². The van der Waals surface area contributed by atoms with Crippen LogP contribution in [0.5, 0.6) is 0 Å². The molecule has 0 radical (unpaired) electrons. The monoisotopic (exact) mass is 407 g/mol. The highest BCUT2D eigenvalue weighted by molar-refractivity contribution is 7.54. The van der Waals surface area contributed by atoms with Gasteiger partial charge in [-0.2, -0.15) is 5.48 Å². The van der Waals surface area contributed by atoms with Crippen molar-refractivity contribution in [2.75, 3.05) is 19.8 Å². The number of hydrogen-bond acceptors (Lipinski definition) is 9. The molecular weight excluding hydrogens is 377 g/mol. The van der Waals surface area contributed by atoms with E-state index in [1.165, 1.54) is 0 Å². The van der Waals surface area contributed by atoms with Gasteiger partial charge in [0, 0.05) is 13.0 Å². The van der Waals surface area contributed by atoms with Crippen molar-refractivity contribution in [1.29, 1.82) is 0 Å². The molecule has 27 heavy (non-hydrogen) atoms. The topological polar surface area (TPSA) is 138 Å². The summed E-state index contributed by atoms with van der Waals surface area (Å²) in [7, 11) is -3.83. The van der Waals surface area contributed by atoms with Crippen molar-refractivity contribution >= 4 is 7.60 Å². The predicted molar refractivity (Wildman–Crippen MR) is 98.7 cm³/mol. The molecule has 5 N–H and O–H groups in total. The molecule has 156 valence electrons. The largest absolute Gasteiger partial charge is 0.390 e. The summed E-state index contributed by atoms with van der Waals surface area (Å²) in [5.41, 5.74) is 3.43. The van der Waals surface area contributed by atoms with Gasteiger partial charge in [0.15, 0.2) is 5.85 Å². The van der Waals surface area contributed by atoms with Crippen molar-refractivity contribution in [2.45, 2.75) is 51.0 Å². The molecule has 0 heterocycles. The van der Waals surface area contributed by atoms with E-state index in [1.54, 1.807) is 13.8 Å². The first-order valence-electron chi connectivity index (χ1n) is 8.83. The maximum absolute atomic E-state index is 12.4. The van der Waals surface area contributed by atoms with Crippen molar-refractivity contribution in [1.82, 2.24) is 5.48 Å². The quantitative estimate of drug-likeness (QED) is 0.172. The van der Waals surface area contributed by atoms with Crippen molar-refractivity contribution in [3.05, 3.63) is 35.9 Å². The second-order valence-electron chi connectivity index (χ2n) is 5.84. The summed E-state index contributed by atoms with van der Waals surface area (Å²) in [5.74, 6) is -1.63. The van der Waals surface area contributed by atoms with E-state index in [1.807, 2.05) is 30.3 Å². The van der Waals surface area contributed by atoms with Crippen LogP contribution in [0.25, 0.3) is 0 Å². The zero-order valence-electron chi connectivity index (χ0n) is 15.6. The molecule has 1 unspecified atom stereocenters. The minimum atomic E-state index is -3.83. The SMILES string of the molecule is CCOP(=O)(OCC)C(O)C[C@@H](O)[C@@H](O)[C@H](O)CNOCc1ccccc1. The number of hydrogen-bond donors (Lipinski definition) is 5. The Bertz CT molecular complexity index is 551. The lowest BCUT2D eigenvalue weighted by atomic mass is 10.1. The molecular formula is C17H30NO8P. The van der Waals surface area contributed by atoms with Crippen LogP contribution in [0.4, 0.5) is 0 Å². The Morgan fingerprint density at radius 3 is 2.15 bits per heavy atom. The first-order valence-corrected chi connectivity index (χ1v) is 10.4. The number of hydroxylamine groups is 1. The molecule has 0 amide bonds. The Balaban J connectivity index is 2.42. The normalized spacial score (nSPS) is 16.7. The number of nitrogens with one attached hydrogen (secondary N) is 1. The summed E-state index contributed by atoms with van der Waals surface area (Å²) in [6.07, 6.45) is -4.99. The molecule has 9 nitrogen and oxygen atoms in total. The fourth-order valence-electron chi connectivity index (χ4n) is 2.28. The average Bonchev–Trinajstić information content (AvgIpc) is 2.65. The number of aliphatic hydroxyl groups is 4. The second-order valence-corrected chi connectivity index (χ2v) is 8.03. The van der Waals surface area contributed by atoms with E-state index in [9.17, 15) is 25.0 Å². The molecule has 0 aliphatic rings. The summed E-state index contributed by atoms with van der Waals surface area (Å²) < 4.78 is 22.4. The highest BCUT2D eigenvalue weighted by atomic mass is 31.2. The molecule has 0 aliphatic heterocycles. The van der Waals surface area contributed by atoms with Gasteiger partial charge in [-0.25, -0.2) is 0 Å². The van der Waals surface area contributed by atoms with Crippen LogP contribution in [0.2, 0.25) is 0 Å². The summed E-state index contributed by atoms with van der Waals surface area (Å²) in [6, 6.07) is 9.34. The maximum atomic E-state index is 12.4. The molecule has 0 saturated carbocycles. The molecule has 0 aliphatic carbocycles. The van der Waals surface area contributed by atoms with Crippen LogP contribution < -0.4 is 5.48 Å². The Hall–Kier alpha value is -0.870. The van der Waals surface area contributed by atoms with Crippen LogP contribution in [0.15, 0.2) is 30.3 Å².